The maximum absolute atomic E-state index is 6.07. The van der Waals surface area contributed by atoms with Gasteiger partial charge in [0.1, 0.15) is 23.0 Å². The molecule has 0 radical (unpaired) electrons. The highest BCUT2D eigenvalue weighted by Gasteiger charge is 2.43. The van der Waals surface area contributed by atoms with E-state index in [1.807, 2.05) is 31.2 Å². The summed E-state index contributed by atoms with van der Waals surface area (Å²) < 4.78 is 7.69. The summed E-state index contributed by atoms with van der Waals surface area (Å²) in [6.07, 6.45) is 3.85. The molecule has 2 atom stereocenters. The maximum atomic E-state index is 6.07. The van der Waals surface area contributed by atoms with Crippen LogP contribution in [-0.4, -0.2) is 43.9 Å². The van der Waals surface area contributed by atoms with Crippen molar-refractivity contribution in [3.8, 4) is 11.8 Å². The molecule has 1 saturated carbocycles. The minimum Gasteiger partial charge on any atom is -0.424 e. The van der Waals surface area contributed by atoms with Crippen LogP contribution in [-0.2, 0) is 6.54 Å². The molecule has 162 valence electrons. The minimum atomic E-state index is 0.320. The molecule has 1 aromatic carbocycles. The lowest BCUT2D eigenvalue weighted by Gasteiger charge is -2.38. The van der Waals surface area contributed by atoms with Crippen LogP contribution in [0.1, 0.15) is 19.8 Å². The Labute approximate surface area is 190 Å². The van der Waals surface area contributed by atoms with Crippen LogP contribution in [0.2, 0.25) is 10.2 Å². The van der Waals surface area contributed by atoms with E-state index in [2.05, 4.69) is 30.3 Å². The largest absolute Gasteiger partial charge is 0.424 e. The van der Waals surface area contributed by atoms with Gasteiger partial charge in [0.15, 0.2) is 0 Å². The first-order valence-corrected chi connectivity index (χ1v) is 11.2. The normalized spacial score (nSPS) is 22.5. The third kappa shape index (κ3) is 4.27. The van der Waals surface area contributed by atoms with Crippen LogP contribution in [0.5, 0.6) is 11.8 Å². The molecule has 3 aromatic rings. The first kappa shape index (κ1) is 20.3. The summed E-state index contributed by atoms with van der Waals surface area (Å²) in [6.45, 7) is 4.51. The summed E-state index contributed by atoms with van der Waals surface area (Å²) in [5, 5.41) is 9.28. The standard InChI is InChI=1S/C21H23Cl2N7O/c1-2-30-21(31-16-5-3-4-15(22)8-16)27-20(28-30)26-19-13-6-7-14(19)11-29(10-13)18-9-17(23)24-12-25-18/h3-5,8-9,12-14,19H,2,6-7,10-11H2,1H3,(H,26,28). The first-order valence-electron chi connectivity index (χ1n) is 10.5. The Kier molecular flexibility index (Phi) is 5.58. The van der Waals surface area contributed by atoms with Gasteiger partial charge in [-0.3, -0.25) is 0 Å². The molecule has 1 saturated heterocycles. The number of fused-ring (bicyclic) bond motifs is 2. The van der Waals surface area contributed by atoms with Crippen LogP contribution in [0.25, 0.3) is 0 Å². The highest BCUT2D eigenvalue weighted by molar-refractivity contribution is 6.30. The van der Waals surface area contributed by atoms with Crippen LogP contribution in [0.15, 0.2) is 36.7 Å². The Hall–Kier alpha value is -2.58. The molecule has 2 aliphatic rings. The molecule has 2 unspecified atom stereocenters. The molecule has 3 heterocycles. The molecule has 0 spiro atoms. The number of anilines is 2. The summed E-state index contributed by atoms with van der Waals surface area (Å²) >= 11 is 12.1. The molecule has 1 aliphatic heterocycles. The van der Waals surface area contributed by atoms with E-state index in [9.17, 15) is 0 Å². The summed E-state index contributed by atoms with van der Waals surface area (Å²) in [6, 6.07) is 9.87. The quantitative estimate of drug-likeness (QED) is 0.542. The van der Waals surface area contributed by atoms with E-state index < -0.39 is 0 Å². The van der Waals surface area contributed by atoms with E-state index in [0.717, 1.165) is 31.7 Å². The van der Waals surface area contributed by atoms with Gasteiger partial charge in [0.05, 0.1) is 0 Å². The smallest absolute Gasteiger partial charge is 0.322 e. The van der Waals surface area contributed by atoms with Crippen molar-refractivity contribution in [3.05, 3.63) is 46.8 Å². The molecule has 2 aromatic heterocycles. The molecule has 0 amide bonds. The lowest BCUT2D eigenvalue weighted by Crippen LogP contribution is -2.48. The average Bonchev–Trinajstić information content (AvgIpc) is 3.23. The summed E-state index contributed by atoms with van der Waals surface area (Å²) in [4.78, 5) is 15.3. The van der Waals surface area contributed by atoms with Gasteiger partial charge in [0.2, 0.25) is 5.95 Å². The SMILES string of the molecule is CCn1nc(NC2C3CCC2CN(c2cc(Cl)ncn2)C3)nc1Oc1cccc(Cl)c1. The van der Waals surface area contributed by atoms with E-state index in [1.165, 1.54) is 6.33 Å². The van der Waals surface area contributed by atoms with Gasteiger partial charge in [0, 0.05) is 36.8 Å². The molecule has 31 heavy (non-hydrogen) atoms. The number of halogens is 2. The van der Waals surface area contributed by atoms with Crippen molar-refractivity contribution >= 4 is 35.0 Å². The zero-order chi connectivity index (χ0) is 21.4. The molecule has 1 N–H and O–H groups in total. The van der Waals surface area contributed by atoms with Crippen molar-refractivity contribution in [1.29, 1.82) is 0 Å². The van der Waals surface area contributed by atoms with Crippen molar-refractivity contribution < 1.29 is 4.74 Å². The highest BCUT2D eigenvalue weighted by Crippen LogP contribution is 2.40. The Balaban J connectivity index is 1.30. The minimum absolute atomic E-state index is 0.320. The number of ether oxygens (including phenoxy) is 1. The molecular weight excluding hydrogens is 437 g/mol. The van der Waals surface area contributed by atoms with Crippen molar-refractivity contribution in [2.24, 2.45) is 11.8 Å². The number of rotatable bonds is 6. The van der Waals surface area contributed by atoms with Gasteiger partial charge >= 0.3 is 6.01 Å². The lowest BCUT2D eigenvalue weighted by molar-refractivity contribution is 0.374. The number of aromatic nitrogens is 5. The Morgan fingerprint density at radius 2 is 1.94 bits per heavy atom. The Morgan fingerprint density at radius 3 is 2.65 bits per heavy atom. The third-order valence-corrected chi connectivity index (χ3v) is 6.46. The second-order valence-corrected chi connectivity index (χ2v) is 8.79. The number of nitrogens with zero attached hydrogens (tertiary/aromatic N) is 6. The van der Waals surface area contributed by atoms with Gasteiger partial charge in [-0.25, -0.2) is 14.6 Å². The van der Waals surface area contributed by atoms with E-state index >= 15 is 0 Å². The topological polar surface area (TPSA) is 81.0 Å². The second-order valence-electron chi connectivity index (χ2n) is 7.96. The first-order chi connectivity index (χ1) is 15.1. The monoisotopic (exact) mass is 459 g/mol. The van der Waals surface area contributed by atoms with Gasteiger partial charge in [-0.1, -0.05) is 29.3 Å². The molecular formula is C21H23Cl2N7O. The predicted molar refractivity (Wildman–Crippen MR) is 120 cm³/mol. The van der Waals surface area contributed by atoms with Gasteiger partial charge in [-0.15, -0.1) is 5.10 Å². The summed E-state index contributed by atoms with van der Waals surface area (Å²) in [7, 11) is 0. The Bertz CT molecular complexity index is 1060. The van der Waals surface area contributed by atoms with Crippen molar-refractivity contribution in [2.75, 3.05) is 23.3 Å². The molecule has 2 bridgehead atoms. The fraction of sp³-hybridized carbons (Fsp3) is 0.429. The van der Waals surface area contributed by atoms with Gasteiger partial charge in [0.25, 0.3) is 0 Å². The van der Waals surface area contributed by atoms with Crippen molar-refractivity contribution in [1.82, 2.24) is 24.7 Å². The zero-order valence-corrected chi connectivity index (χ0v) is 18.6. The molecule has 8 nitrogen and oxygen atoms in total. The van der Waals surface area contributed by atoms with E-state index in [1.54, 1.807) is 10.7 Å². The van der Waals surface area contributed by atoms with Crippen LogP contribution >= 0.6 is 23.2 Å². The average molecular weight is 460 g/mol. The van der Waals surface area contributed by atoms with Crippen LogP contribution in [0, 0.1) is 11.8 Å². The molecule has 5 rings (SSSR count). The predicted octanol–water partition coefficient (Wildman–Crippen LogP) is 4.51. The van der Waals surface area contributed by atoms with E-state index in [4.69, 9.17) is 27.9 Å². The summed E-state index contributed by atoms with van der Waals surface area (Å²) in [5.74, 6) is 3.09. The lowest BCUT2D eigenvalue weighted by atomic mass is 9.92. The van der Waals surface area contributed by atoms with Gasteiger partial charge in [-0.2, -0.15) is 4.98 Å². The molecule has 1 aliphatic carbocycles. The van der Waals surface area contributed by atoms with E-state index in [-0.39, 0.29) is 0 Å². The number of nitrogens with one attached hydrogen (secondary N) is 1. The van der Waals surface area contributed by atoms with Crippen molar-refractivity contribution in [2.45, 2.75) is 32.4 Å². The van der Waals surface area contributed by atoms with E-state index in [0.29, 0.717) is 52.3 Å². The van der Waals surface area contributed by atoms with Crippen LogP contribution in [0.3, 0.4) is 0 Å². The molecule has 10 heteroatoms. The maximum Gasteiger partial charge on any atom is 0.322 e. The summed E-state index contributed by atoms with van der Waals surface area (Å²) in [5.41, 5.74) is 0. The highest BCUT2D eigenvalue weighted by atomic mass is 35.5. The number of hydrogen-bond donors (Lipinski definition) is 1. The number of piperidine rings is 1. The van der Waals surface area contributed by atoms with Crippen LogP contribution in [0.4, 0.5) is 11.8 Å². The molecule has 2 fully saturated rings. The van der Waals surface area contributed by atoms with Gasteiger partial charge in [-0.05, 0) is 49.8 Å². The zero-order valence-electron chi connectivity index (χ0n) is 17.1. The fourth-order valence-electron chi connectivity index (χ4n) is 4.60. The third-order valence-electron chi connectivity index (χ3n) is 6.02. The second kappa shape index (κ2) is 8.51. The van der Waals surface area contributed by atoms with Crippen molar-refractivity contribution in [3.63, 3.8) is 0 Å². The van der Waals surface area contributed by atoms with Crippen LogP contribution < -0.4 is 15.0 Å². The number of hydrogen-bond acceptors (Lipinski definition) is 7. The fourth-order valence-corrected chi connectivity index (χ4v) is 4.92. The van der Waals surface area contributed by atoms with Gasteiger partial charge < -0.3 is 15.0 Å². The number of benzene rings is 1. The number of aryl methyl sites for hydroxylation is 1. The Morgan fingerprint density at radius 1 is 1.13 bits per heavy atom.